The molecule has 0 atom stereocenters. The minimum Gasteiger partial charge on any atom is -0.497 e. The van der Waals surface area contributed by atoms with Gasteiger partial charge in [-0.25, -0.2) is 4.99 Å². The van der Waals surface area contributed by atoms with E-state index >= 15 is 0 Å². The lowest BCUT2D eigenvalue weighted by molar-refractivity contribution is 0.322. The van der Waals surface area contributed by atoms with Gasteiger partial charge in [-0.1, -0.05) is 35.9 Å². The lowest BCUT2D eigenvalue weighted by Gasteiger charge is -2.14. The molecule has 1 heterocycles. The molecule has 0 aliphatic rings. The second-order valence-corrected chi connectivity index (χ2v) is 7.20. The summed E-state index contributed by atoms with van der Waals surface area (Å²) in [6.45, 7) is 3.92. The Morgan fingerprint density at radius 2 is 1.84 bits per heavy atom. The monoisotopic (exact) mass is 570 g/mol. The van der Waals surface area contributed by atoms with Crippen LogP contribution in [0.3, 0.4) is 0 Å². The molecule has 2 aromatic carbocycles. The van der Waals surface area contributed by atoms with E-state index in [4.69, 9.17) is 21.1 Å². The zero-order valence-corrected chi connectivity index (χ0v) is 21.4. The van der Waals surface area contributed by atoms with Gasteiger partial charge in [-0.2, -0.15) is 0 Å². The maximum Gasteiger partial charge on any atom is 0.192 e. The summed E-state index contributed by atoms with van der Waals surface area (Å²) in [7, 11) is 3.59. The summed E-state index contributed by atoms with van der Waals surface area (Å²) < 4.78 is 12.9. The van der Waals surface area contributed by atoms with Crippen LogP contribution in [0.4, 0.5) is 0 Å². The van der Waals surface area contributed by atoms with Gasteiger partial charge >= 0.3 is 0 Å². The summed E-state index contributed by atoms with van der Waals surface area (Å²) in [6, 6.07) is 15.2. The molecule has 0 radical (unpaired) electrons. The Morgan fingerprint density at radius 3 is 2.50 bits per heavy atom. The Hall–Kier alpha value is -2.53. The summed E-state index contributed by atoms with van der Waals surface area (Å²) in [5.74, 6) is 3.81. The van der Waals surface area contributed by atoms with E-state index in [1.54, 1.807) is 13.2 Å². The van der Waals surface area contributed by atoms with E-state index in [-0.39, 0.29) is 24.0 Å². The van der Waals surface area contributed by atoms with Gasteiger partial charge in [-0.3, -0.25) is 0 Å². The number of hydrogen-bond donors (Lipinski definition) is 2. The van der Waals surface area contributed by atoms with Gasteiger partial charge in [-0.05, 0) is 36.8 Å². The Labute approximate surface area is 210 Å². The first kappa shape index (κ1) is 25.7. The molecule has 172 valence electrons. The summed E-state index contributed by atoms with van der Waals surface area (Å²) in [5.41, 5.74) is 1.07. The standard InChI is InChI=1S/C22H27ClN6O2.HI/c1-16-27-28-21(29(16)2)15-26-22(25-14-17-8-10-18(30-3)11-9-17)24-12-13-31-20-7-5-4-6-19(20)23;/h4-11H,12-15H2,1-3H3,(H2,24,25,26);1H. The molecule has 0 saturated heterocycles. The molecule has 3 aromatic rings. The summed E-state index contributed by atoms with van der Waals surface area (Å²) in [5, 5.41) is 15.5. The van der Waals surface area contributed by atoms with Crippen LogP contribution in [0.1, 0.15) is 17.2 Å². The number of guanidine groups is 1. The number of ether oxygens (including phenoxy) is 2. The third-order valence-corrected chi connectivity index (χ3v) is 4.98. The van der Waals surface area contributed by atoms with Crippen LogP contribution in [0.15, 0.2) is 53.5 Å². The van der Waals surface area contributed by atoms with Crippen molar-refractivity contribution >= 4 is 41.5 Å². The van der Waals surface area contributed by atoms with E-state index in [1.165, 1.54) is 0 Å². The van der Waals surface area contributed by atoms with Gasteiger partial charge in [0.15, 0.2) is 11.8 Å². The van der Waals surface area contributed by atoms with Crippen molar-refractivity contribution < 1.29 is 9.47 Å². The molecule has 0 aliphatic carbocycles. The van der Waals surface area contributed by atoms with Crippen LogP contribution in [0.5, 0.6) is 11.5 Å². The quantitative estimate of drug-likeness (QED) is 0.177. The molecule has 0 bridgehead atoms. The van der Waals surface area contributed by atoms with Crippen molar-refractivity contribution in [2.24, 2.45) is 12.0 Å². The predicted molar refractivity (Wildman–Crippen MR) is 137 cm³/mol. The largest absolute Gasteiger partial charge is 0.497 e. The van der Waals surface area contributed by atoms with Crippen LogP contribution >= 0.6 is 35.6 Å². The van der Waals surface area contributed by atoms with Crippen LogP contribution in [-0.4, -0.2) is 41.0 Å². The second-order valence-electron chi connectivity index (χ2n) is 6.79. The molecule has 0 fully saturated rings. The van der Waals surface area contributed by atoms with Crippen molar-refractivity contribution in [1.29, 1.82) is 0 Å². The molecule has 32 heavy (non-hydrogen) atoms. The number of nitrogens with one attached hydrogen (secondary N) is 2. The summed E-state index contributed by atoms with van der Waals surface area (Å²) >= 11 is 6.13. The fraction of sp³-hybridized carbons (Fsp3) is 0.318. The van der Waals surface area contributed by atoms with Gasteiger partial charge in [0.2, 0.25) is 0 Å². The first-order valence-electron chi connectivity index (χ1n) is 9.94. The van der Waals surface area contributed by atoms with Gasteiger partial charge in [0.25, 0.3) is 0 Å². The van der Waals surface area contributed by atoms with Crippen LogP contribution < -0.4 is 20.1 Å². The van der Waals surface area contributed by atoms with Crippen LogP contribution in [0.25, 0.3) is 0 Å². The van der Waals surface area contributed by atoms with E-state index in [0.29, 0.717) is 43.0 Å². The number of halogens is 2. The van der Waals surface area contributed by atoms with E-state index in [2.05, 4.69) is 25.8 Å². The molecule has 10 heteroatoms. The van der Waals surface area contributed by atoms with E-state index in [9.17, 15) is 0 Å². The van der Waals surface area contributed by atoms with Crippen molar-refractivity contribution in [3.05, 3.63) is 70.8 Å². The smallest absolute Gasteiger partial charge is 0.192 e. The number of aliphatic imine (C=N–C) groups is 1. The lowest BCUT2D eigenvalue weighted by atomic mass is 10.2. The summed E-state index contributed by atoms with van der Waals surface area (Å²) in [4.78, 5) is 4.68. The number of rotatable bonds is 9. The number of aryl methyl sites for hydroxylation is 1. The molecule has 0 unspecified atom stereocenters. The normalized spacial score (nSPS) is 10.9. The molecule has 0 amide bonds. The lowest BCUT2D eigenvalue weighted by Crippen LogP contribution is -2.39. The molecule has 1 aromatic heterocycles. The zero-order chi connectivity index (χ0) is 22.1. The fourth-order valence-electron chi connectivity index (χ4n) is 2.74. The Morgan fingerprint density at radius 1 is 1.09 bits per heavy atom. The van der Waals surface area contributed by atoms with Gasteiger partial charge < -0.3 is 24.7 Å². The van der Waals surface area contributed by atoms with E-state index in [1.807, 2.05) is 61.0 Å². The first-order chi connectivity index (χ1) is 15.1. The zero-order valence-electron chi connectivity index (χ0n) is 18.3. The highest BCUT2D eigenvalue weighted by Crippen LogP contribution is 2.22. The van der Waals surface area contributed by atoms with Gasteiger partial charge in [0, 0.05) is 7.05 Å². The molecule has 2 N–H and O–H groups in total. The second kappa shape index (κ2) is 13.1. The number of nitrogens with zero attached hydrogens (tertiary/aromatic N) is 4. The SMILES string of the molecule is COc1ccc(CN=C(NCCOc2ccccc2Cl)NCc2nnc(C)n2C)cc1.I. The van der Waals surface area contributed by atoms with Crippen LogP contribution in [-0.2, 0) is 20.1 Å². The van der Waals surface area contributed by atoms with Crippen molar-refractivity contribution in [2.75, 3.05) is 20.3 Å². The average molecular weight is 571 g/mol. The molecule has 8 nitrogen and oxygen atoms in total. The Kier molecular flexibility index (Phi) is 10.5. The highest BCUT2D eigenvalue weighted by Gasteiger charge is 2.07. The molecule has 0 spiro atoms. The maximum atomic E-state index is 6.13. The molecular formula is C22H28ClIN6O2. The Bertz CT molecular complexity index is 1010. The number of benzene rings is 2. The van der Waals surface area contributed by atoms with E-state index in [0.717, 1.165) is 23.0 Å². The van der Waals surface area contributed by atoms with Crippen molar-refractivity contribution in [2.45, 2.75) is 20.0 Å². The molecule has 0 saturated carbocycles. The van der Waals surface area contributed by atoms with Crippen LogP contribution in [0, 0.1) is 6.92 Å². The van der Waals surface area contributed by atoms with Crippen molar-refractivity contribution in [1.82, 2.24) is 25.4 Å². The topological polar surface area (TPSA) is 85.6 Å². The third kappa shape index (κ3) is 7.56. The number of aromatic nitrogens is 3. The molecular weight excluding hydrogens is 543 g/mol. The first-order valence-corrected chi connectivity index (χ1v) is 10.3. The maximum absolute atomic E-state index is 6.13. The highest BCUT2D eigenvalue weighted by atomic mass is 127. The molecule has 0 aliphatic heterocycles. The number of para-hydroxylation sites is 1. The minimum absolute atomic E-state index is 0. The van der Waals surface area contributed by atoms with Gasteiger partial charge in [-0.15, -0.1) is 34.2 Å². The average Bonchev–Trinajstić information content (AvgIpc) is 3.11. The molecule has 3 rings (SSSR count). The van der Waals surface area contributed by atoms with Crippen LogP contribution in [0.2, 0.25) is 5.02 Å². The highest BCUT2D eigenvalue weighted by molar-refractivity contribution is 14.0. The van der Waals surface area contributed by atoms with E-state index < -0.39 is 0 Å². The van der Waals surface area contributed by atoms with Gasteiger partial charge in [0.05, 0.1) is 31.8 Å². The third-order valence-electron chi connectivity index (χ3n) is 4.66. The fourth-order valence-corrected chi connectivity index (χ4v) is 2.93. The predicted octanol–water partition coefficient (Wildman–Crippen LogP) is 3.72. The van der Waals surface area contributed by atoms with Crippen molar-refractivity contribution in [3.63, 3.8) is 0 Å². The Balaban J connectivity index is 0.00000363. The van der Waals surface area contributed by atoms with Crippen molar-refractivity contribution in [3.8, 4) is 11.5 Å². The van der Waals surface area contributed by atoms with Gasteiger partial charge in [0.1, 0.15) is 23.9 Å². The number of methoxy groups -OCH3 is 1. The summed E-state index contributed by atoms with van der Waals surface area (Å²) in [6.07, 6.45) is 0. The number of hydrogen-bond acceptors (Lipinski definition) is 5. The minimum atomic E-state index is 0.